The highest BCUT2D eigenvalue weighted by atomic mass is 16.3. The van der Waals surface area contributed by atoms with Gasteiger partial charge in [-0.05, 0) is 32.4 Å². The van der Waals surface area contributed by atoms with Gasteiger partial charge in [0.1, 0.15) is 0 Å². The van der Waals surface area contributed by atoms with E-state index < -0.39 is 5.60 Å². The molecule has 0 spiro atoms. The molecule has 0 saturated carbocycles. The molecular weight excluding hydrogens is 176 g/mol. The molecule has 0 aromatic heterocycles. The normalized spacial score (nSPS) is 11.4. The number of aliphatic hydroxyl groups is 1. The molecule has 0 fully saturated rings. The Morgan fingerprint density at radius 3 is 2.57 bits per heavy atom. The number of nitrogen functional groups attached to an aromatic ring is 1. The lowest BCUT2D eigenvalue weighted by molar-refractivity contribution is 0.0945. The van der Waals surface area contributed by atoms with Crippen molar-refractivity contribution in [2.24, 2.45) is 0 Å². The molecule has 1 aromatic rings. The molecule has 3 heteroatoms. The van der Waals surface area contributed by atoms with Crippen molar-refractivity contribution in [1.29, 1.82) is 0 Å². The van der Waals surface area contributed by atoms with Gasteiger partial charge in [-0.1, -0.05) is 12.1 Å². The minimum Gasteiger partial charge on any atom is -0.397 e. The van der Waals surface area contributed by atoms with Crippen molar-refractivity contribution in [3.63, 3.8) is 0 Å². The zero-order chi connectivity index (χ0) is 10.8. The van der Waals surface area contributed by atoms with Crippen LogP contribution in [0.3, 0.4) is 0 Å². The van der Waals surface area contributed by atoms with Crippen molar-refractivity contribution in [2.45, 2.75) is 26.4 Å². The summed E-state index contributed by atoms with van der Waals surface area (Å²) in [5.74, 6) is 0. The van der Waals surface area contributed by atoms with E-state index in [1.54, 1.807) is 13.8 Å². The van der Waals surface area contributed by atoms with Crippen LogP contribution in [0.4, 0.5) is 11.4 Å². The van der Waals surface area contributed by atoms with Gasteiger partial charge in [-0.3, -0.25) is 0 Å². The van der Waals surface area contributed by atoms with Crippen LogP contribution < -0.4 is 11.1 Å². The van der Waals surface area contributed by atoms with E-state index in [9.17, 15) is 5.11 Å². The molecule has 0 radical (unpaired) electrons. The van der Waals surface area contributed by atoms with Gasteiger partial charge in [0.05, 0.1) is 17.0 Å². The fourth-order valence-electron chi connectivity index (χ4n) is 1.24. The third-order valence-corrected chi connectivity index (χ3v) is 2.00. The van der Waals surface area contributed by atoms with Crippen LogP contribution in [0.1, 0.15) is 19.4 Å². The number of nitrogens with one attached hydrogen (secondary N) is 1. The number of anilines is 2. The van der Waals surface area contributed by atoms with Crippen molar-refractivity contribution in [1.82, 2.24) is 0 Å². The molecule has 14 heavy (non-hydrogen) atoms. The topological polar surface area (TPSA) is 58.3 Å². The number of aryl methyl sites for hydroxylation is 1. The van der Waals surface area contributed by atoms with Gasteiger partial charge in [0.2, 0.25) is 0 Å². The third kappa shape index (κ3) is 2.92. The summed E-state index contributed by atoms with van der Waals surface area (Å²) in [5.41, 5.74) is 7.80. The molecular formula is C11H18N2O. The lowest BCUT2D eigenvalue weighted by atomic mass is 10.1. The number of para-hydroxylation sites is 1. The zero-order valence-electron chi connectivity index (χ0n) is 8.96. The van der Waals surface area contributed by atoms with Gasteiger partial charge in [0, 0.05) is 6.54 Å². The van der Waals surface area contributed by atoms with E-state index in [-0.39, 0.29) is 0 Å². The number of hydrogen-bond acceptors (Lipinski definition) is 3. The van der Waals surface area contributed by atoms with Gasteiger partial charge in [-0.15, -0.1) is 0 Å². The predicted molar refractivity (Wildman–Crippen MR) is 60.4 cm³/mol. The summed E-state index contributed by atoms with van der Waals surface area (Å²) in [6.45, 7) is 5.99. The van der Waals surface area contributed by atoms with Gasteiger partial charge < -0.3 is 16.2 Å². The van der Waals surface area contributed by atoms with Crippen LogP contribution >= 0.6 is 0 Å². The summed E-state index contributed by atoms with van der Waals surface area (Å²) < 4.78 is 0. The van der Waals surface area contributed by atoms with Crippen LogP contribution in [-0.2, 0) is 0 Å². The Bertz CT molecular complexity index is 295. The van der Waals surface area contributed by atoms with Gasteiger partial charge in [0.15, 0.2) is 0 Å². The van der Waals surface area contributed by atoms with Crippen molar-refractivity contribution in [3.05, 3.63) is 23.8 Å². The average Bonchev–Trinajstić information content (AvgIpc) is 2.01. The number of rotatable bonds is 3. The quantitative estimate of drug-likeness (QED) is 0.643. The lowest BCUT2D eigenvalue weighted by Gasteiger charge is -2.20. The minimum atomic E-state index is -0.727. The van der Waals surface area contributed by atoms with Crippen LogP contribution in [0.15, 0.2) is 18.2 Å². The summed E-state index contributed by atoms with van der Waals surface area (Å²) in [5, 5.41) is 12.7. The smallest absolute Gasteiger partial charge is 0.0763 e. The van der Waals surface area contributed by atoms with Crippen LogP contribution in [0, 0.1) is 6.92 Å². The van der Waals surface area contributed by atoms with Crippen LogP contribution in [0.5, 0.6) is 0 Å². The molecule has 3 nitrogen and oxygen atoms in total. The summed E-state index contributed by atoms with van der Waals surface area (Å²) in [6, 6.07) is 5.75. The highest BCUT2D eigenvalue weighted by molar-refractivity contribution is 5.69. The van der Waals surface area contributed by atoms with Gasteiger partial charge in [-0.2, -0.15) is 0 Å². The summed E-state index contributed by atoms with van der Waals surface area (Å²) in [4.78, 5) is 0. The van der Waals surface area contributed by atoms with Crippen LogP contribution in [-0.4, -0.2) is 17.3 Å². The minimum absolute atomic E-state index is 0.488. The monoisotopic (exact) mass is 194 g/mol. The first-order valence-electron chi connectivity index (χ1n) is 4.71. The van der Waals surface area contributed by atoms with E-state index in [1.807, 2.05) is 25.1 Å². The maximum absolute atomic E-state index is 9.56. The molecule has 1 aromatic carbocycles. The lowest BCUT2D eigenvalue weighted by Crippen LogP contribution is -2.29. The SMILES string of the molecule is Cc1cccc(N)c1NCC(C)(C)O. The highest BCUT2D eigenvalue weighted by Gasteiger charge is 2.13. The van der Waals surface area contributed by atoms with Crippen LogP contribution in [0.25, 0.3) is 0 Å². The van der Waals surface area contributed by atoms with Crippen LogP contribution in [0.2, 0.25) is 0 Å². The van der Waals surface area contributed by atoms with Crippen molar-refractivity contribution in [3.8, 4) is 0 Å². The molecule has 0 saturated heterocycles. The van der Waals surface area contributed by atoms with E-state index in [0.29, 0.717) is 12.2 Å². The second-order valence-electron chi connectivity index (χ2n) is 4.21. The van der Waals surface area contributed by atoms with Crippen molar-refractivity contribution in [2.75, 3.05) is 17.6 Å². The van der Waals surface area contributed by atoms with E-state index in [1.165, 1.54) is 0 Å². The van der Waals surface area contributed by atoms with E-state index >= 15 is 0 Å². The fourth-order valence-corrected chi connectivity index (χ4v) is 1.24. The molecule has 78 valence electrons. The first-order valence-corrected chi connectivity index (χ1v) is 4.71. The van der Waals surface area contributed by atoms with E-state index in [2.05, 4.69) is 5.32 Å². The number of hydrogen-bond donors (Lipinski definition) is 3. The first kappa shape index (κ1) is 10.9. The predicted octanol–water partition coefficient (Wildman–Crippen LogP) is 1.76. The molecule has 0 heterocycles. The number of nitrogens with two attached hydrogens (primary N) is 1. The third-order valence-electron chi connectivity index (χ3n) is 2.00. The maximum atomic E-state index is 9.56. The molecule has 0 atom stereocenters. The number of benzene rings is 1. The van der Waals surface area contributed by atoms with Gasteiger partial charge >= 0.3 is 0 Å². The molecule has 1 rings (SSSR count). The van der Waals surface area contributed by atoms with Gasteiger partial charge in [-0.25, -0.2) is 0 Å². The van der Waals surface area contributed by atoms with E-state index in [4.69, 9.17) is 5.73 Å². The largest absolute Gasteiger partial charge is 0.397 e. The second-order valence-corrected chi connectivity index (χ2v) is 4.21. The molecule has 0 amide bonds. The summed E-state index contributed by atoms with van der Waals surface area (Å²) >= 11 is 0. The maximum Gasteiger partial charge on any atom is 0.0763 e. The Morgan fingerprint density at radius 1 is 1.43 bits per heavy atom. The van der Waals surface area contributed by atoms with Crippen molar-refractivity contribution < 1.29 is 5.11 Å². The molecule has 4 N–H and O–H groups in total. The summed E-state index contributed by atoms with van der Waals surface area (Å²) in [7, 11) is 0. The van der Waals surface area contributed by atoms with Gasteiger partial charge in [0.25, 0.3) is 0 Å². The molecule has 0 bridgehead atoms. The van der Waals surface area contributed by atoms with Crippen molar-refractivity contribution >= 4 is 11.4 Å². The zero-order valence-corrected chi connectivity index (χ0v) is 8.96. The first-order chi connectivity index (χ1) is 6.40. The standard InChI is InChI=1S/C11H18N2O/c1-8-5-4-6-9(12)10(8)13-7-11(2,3)14/h4-6,13-14H,7,12H2,1-3H3. The molecule has 0 aliphatic rings. The molecule has 0 aliphatic carbocycles. The second kappa shape index (κ2) is 3.88. The Morgan fingerprint density at radius 2 is 2.07 bits per heavy atom. The molecule has 0 unspecified atom stereocenters. The summed E-state index contributed by atoms with van der Waals surface area (Å²) in [6.07, 6.45) is 0. The Hall–Kier alpha value is -1.22. The Balaban J connectivity index is 2.77. The highest BCUT2D eigenvalue weighted by Crippen LogP contribution is 2.22. The molecule has 0 aliphatic heterocycles. The Labute approximate surface area is 84.9 Å². The van der Waals surface area contributed by atoms with E-state index in [0.717, 1.165) is 11.3 Å². The Kier molecular flexibility index (Phi) is 3.01. The average molecular weight is 194 g/mol. The fraction of sp³-hybridized carbons (Fsp3) is 0.455.